The molecule has 1 aromatic heterocycles. The van der Waals surface area contributed by atoms with Gasteiger partial charge in [-0.05, 0) is 110 Å². The molecule has 0 saturated carbocycles. The molecule has 16 nitrogen and oxygen atoms in total. The molecule has 1 unspecified atom stereocenters. The number of nitrogens with zero attached hydrogens (tertiary/aromatic N) is 7. The van der Waals surface area contributed by atoms with Crippen LogP contribution in [0.15, 0.2) is 83.9 Å². The molecule has 4 fully saturated rings. The number of aromatic nitrogens is 2. The Bertz CT molecular complexity index is 2950. The lowest BCUT2D eigenvalue weighted by atomic mass is 9.95. The molecular weight excluding hydrogens is 908 g/mol. The zero-order valence-electron chi connectivity index (χ0n) is 36.4. The number of halogens is 3. The van der Waals surface area contributed by atoms with E-state index in [0.29, 0.717) is 35.7 Å². The molecule has 350 valence electrons. The van der Waals surface area contributed by atoms with Crippen molar-refractivity contribution in [2.75, 3.05) is 73.4 Å². The molecule has 20 heteroatoms. The van der Waals surface area contributed by atoms with Gasteiger partial charge < -0.3 is 19.4 Å². The molecule has 4 aromatic carbocycles. The Morgan fingerprint density at radius 3 is 2.28 bits per heavy atom. The second-order valence-electron chi connectivity index (χ2n) is 17.8. The van der Waals surface area contributed by atoms with Gasteiger partial charge in [0, 0.05) is 88.8 Å². The summed E-state index contributed by atoms with van der Waals surface area (Å²) >= 11 is 6.45. The van der Waals surface area contributed by atoms with Gasteiger partial charge in [-0.3, -0.25) is 38.7 Å². The number of ether oxygens (including phenoxy) is 1. The first-order valence-electron chi connectivity index (χ1n) is 22.5. The maximum atomic E-state index is 15.1. The number of carbonyl (C=O) groups is 3. The van der Waals surface area contributed by atoms with E-state index in [4.69, 9.17) is 16.3 Å². The summed E-state index contributed by atoms with van der Waals surface area (Å²) in [6, 6.07) is 19.7. The summed E-state index contributed by atoms with van der Waals surface area (Å²) in [7, 11) is -4.16. The van der Waals surface area contributed by atoms with Gasteiger partial charge in [0.2, 0.25) is 11.8 Å². The van der Waals surface area contributed by atoms with Crippen LogP contribution in [0.3, 0.4) is 0 Å². The van der Waals surface area contributed by atoms with Gasteiger partial charge in [0.15, 0.2) is 11.6 Å². The zero-order valence-corrected chi connectivity index (χ0v) is 37.9. The number of anilines is 3. The second-order valence-corrected chi connectivity index (χ2v) is 19.8. The van der Waals surface area contributed by atoms with E-state index in [2.05, 4.69) is 35.8 Å². The first kappa shape index (κ1) is 44.7. The molecule has 0 aliphatic carbocycles. The van der Waals surface area contributed by atoms with Crippen LogP contribution >= 0.6 is 11.6 Å². The third-order valence-electron chi connectivity index (χ3n) is 13.5. The highest BCUT2D eigenvalue weighted by atomic mass is 35.5. The van der Waals surface area contributed by atoms with Crippen molar-refractivity contribution in [2.45, 2.75) is 50.9 Å². The Balaban J connectivity index is 0.726. The van der Waals surface area contributed by atoms with Crippen LogP contribution in [0.25, 0.3) is 16.6 Å². The molecule has 67 heavy (non-hydrogen) atoms. The zero-order chi connectivity index (χ0) is 46.6. The lowest BCUT2D eigenvalue weighted by molar-refractivity contribution is -0.136. The number of alkyl halides is 1. The van der Waals surface area contributed by atoms with Gasteiger partial charge in [-0.2, -0.15) is 12.7 Å². The van der Waals surface area contributed by atoms with E-state index in [9.17, 15) is 32.0 Å². The van der Waals surface area contributed by atoms with Crippen molar-refractivity contribution in [1.82, 2.24) is 29.0 Å². The molecule has 5 aliphatic heterocycles. The first-order valence-corrected chi connectivity index (χ1v) is 24.3. The third kappa shape index (κ3) is 9.04. The Morgan fingerprint density at radius 1 is 0.821 bits per heavy atom. The van der Waals surface area contributed by atoms with Crippen LogP contribution in [0.4, 0.5) is 25.8 Å². The standard InChI is InChI=1S/C47H48ClF2N9O7S/c48-43-40(53-67(64,65)57-18-15-31(49)27-57)10-8-38(50)44(43)66-35-6-9-39-37(24-35)47(63)59(28-51-39)33-3-1-32(2-4-33)56-21-19-54(20-22-56)25-29-13-16-55(17-14-29)34-5-7-36-30(23-34)26-58(46(36)62)41-11-12-42(60)52-45(41)61/h1-10,23-24,28-29,31,41,53H,11-22,25-27H2,(H,52,60,61)/t31-,41?/m1/s1. The number of amides is 3. The fourth-order valence-electron chi connectivity index (χ4n) is 9.79. The van der Waals surface area contributed by atoms with Crippen molar-refractivity contribution in [3.63, 3.8) is 0 Å². The summed E-state index contributed by atoms with van der Waals surface area (Å²) in [5.41, 5.74) is 4.13. The van der Waals surface area contributed by atoms with Crippen LogP contribution < -0.4 is 30.1 Å². The predicted octanol–water partition coefficient (Wildman–Crippen LogP) is 5.47. The second kappa shape index (κ2) is 18.2. The molecule has 3 amide bonds. The summed E-state index contributed by atoms with van der Waals surface area (Å²) in [5, 5.41) is 2.22. The Labute approximate surface area is 390 Å². The van der Waals surface area contributed by atoms with Crippen molar-refractivity contribution < 1.29 is 36.3 Å². The molecule has 6 heterocycles. The SMILES string of the molecule is O=C1CCC(N2Cc3cc(N4CCC(CN5CCN(c6ccc(-n7cnc8ccc(Oc9c(F)ccc(NS(=O)(=O)N%10CC[C@@H](F)C%10)c9Cl)cc8c7=O)cc6)CC5)CC4)ccc3C2=O)C(=O)N1. The number of fused-ring (bicyclic) bond motifs is 2. The molecule has 4 saturated heterocycles. The van der Waals surface area contributed by atoms with E-state index in [1.54, 1.807) is 11.0 Å². The highest BCUT2D eigenvalue weighted by Gasteiger charge is 2.39. The number of hydrogen-bond acceptors (Lipinski definition) is 11. The Hall–Kier alpha value is -6.15. The Kier molecular flexibility index (Phi) is 12.1. The minimum atomic E-state index is -4.16. The largest absolute Gasteiger partial charge is 0.453 e. The monoisotopic (exact) mass is 955 g/mol. The highest BCUT2D eigenvalue weighted by Crippen LogP contribution is 2.39. The van der Waals surface area contributed by atoms with E-state index in [0.717, 1.165) is 92.0 Å². The minimum Gasteiger partial charge on any atom is -0.453 e. The van der Waals surface area contributed by atoms with E-state index in [-0.39, 0.29) is 65.2 Å². The van der Waals surface area contributed by atoms with Crippen molar-refractivity contribution in [1.29, 1.82) is 0 Å². The third-order valence-corrected chi connectivity index (χ3v) is 15.4. The first-order chi connectivity index (χ1) is 32.3. The number of piperazine rings is 1. The van der Waals surface area contributed by atoms with E-state index in [1.165, 1.54) is 23.0 Å². The normalized spacial score (nSPS) is 21.0. The quantitative estimate of drug-likeness (QED) is 0.161. The van der Waals surface area contributed by atoms with Crippen molar-refractivity contribution in [3.8, 4) is 17.2 Å². The Morgan fingerprint density at radius 2 is 1.55 bits per heavy atom. The molecule has 0 radical (unpaired) electrons. The fraction of sp³-hybridized carbons (Fsp3) is 0.383. The van der Waals surface area contributed by atoms with Crippen LogP contribution in [0, 0.1) is 11.7 Å². The molecule has 0 spiro atoms. The predicted molar refractivity (Wildman–Crippen MR) is 249 cm³/mol. The van der Waals surface area contributed by atoms with Gasteiger partial charge in [-0.25, -0.2) is 13.8 Å². The van der Waals surface area contributed by atoms with Crippen LogP contribution in [-0.4, -0.2) is 121 Å². The average Bonchev–Trinajstić information content (AvgIpc) is 3.92. The maximum absolute atomic E-state index is 15.1. The molecule has 5 aliphatic rings. The van der Waals surface area contributed by atoms with Gasteiger partial charge in [0.25, 0.3) is 11.5 Å². The number of rotatable bonds is 11. The van der Waals surface area contributed by atoms with E-state index >= 15 is 4.39 Å². The molecule has 10 rings (SSSR count). The van der Waals surface area contributed by atoms with Crippen molar-refractivity contribution >= 4 is 67.5 Å². The van der Waals surface area contributed by atoms with E-state index in [1.807, 2.05) is 36.4 Å². The number of carbonyl (C=O) groups excluding carboxylic acids is 3. The van der Waals surface area contributed by atoms with E-state index < -0.39 is 39.9 Å². The summed E-state index contributed by atoms with van der Waals surface area (Å²) in [4.78, 5) is 64.5. The number of hydrogen-bond donors (Lipinski definition) is 2. The number of imide groups is 1. The van der Waals surface area contributed by atoms with Gasteiger partial charge >= 0.3 is 10.2 Å². The molecule has 2 N–H and O–H groups in total. The van der Waals surface area contributed by atoms with Gasteiger partial charge in [-0.1, -0.05) is 11.6 Å². The van der Waals surface area contributed by atoms with Crippen molar-refractivity contribution in [2.24, 2.45) is 5.92 Å². The molecular formula is C47H48ClF2N9O7S. The van der Waals surface area contributed by atoms with Gasteiger partial charge in [0.1, 0.15) is 29.3 Å². The minimum absolute atomic E-state index is 0.00233. The maximum Gasteiger partial charge on any atom is 0.301 e. The summed E-state index contributed by atoms with van der Waals surface area (Å²) in [6.07, 6.45) is 2.95. The number of benzene rings is 4. The van der Waals surface area contributed by atoms with Gasteiger partial charge in [0.05, 0.1) is 22.3 Å². The average molecular weight is 956 g/mol. The fourth-order valence-corrected chi connectivity index (χ4v) is 11.4. The molecule has 5 aromatic rings. The summed E-state index contributed by atoms with van der Waals surface area (Å²) in [6.45, 7) is 6.52. The number of piperidine rings is 2. The molecule has 0 bridgehead atoms. The smallest absolute Gasteiger partial charge is 0.301 e. The van der Waals surface area contributed by atoms with Gasteiger partial charge in [-0.15, -0.1) is 0 Å². The topological polar surface area (TPSA) is 170 Å². The van der Waals surface area contributed by atoms with Crippen LogP contribution in [0.2, 0.25) is 5.02 Å². The van der Waals surface area contributed by atoms with Crippen molar-refractivity contribution in [3.05, 3.63) is 111 Å². The summed E-state index contributed by atoms with van der Waals surface area (Å²) in [5.74, 6) is -1.53. The number of nitrogens with one attached hydrogen (secondary N) is 2. The lowest BCUT2D eigenvalue weighted by Gasteiger charge is -2.40. The van der Waals surface area contributed by atoms with Crippen LogP contribution in [-0.2, 0) is 26.3 Å². The highest BCUT2D eigenvalue weighted by molar-refractivity contribution is 7.90. The van der Waals surface area contributed by atoms with Crippen LogP contribution in [0.1, 0.15) is 48.0 Å². The summed E-state index contributed by atoms with van der Waals surface area (Å²) < 4.78 is 65.0. The van der Waals surface area contributed by atoms with Crippen LogP contribution in [0.5, 0.6) is 11.5 Å². The molecule has 2 atom stereocenters. The lowest BCUT2D eigenvalue weighted by Crippen LogP contribution is -2.52.